The molecule has 0 atom stereocenters. The molecule has 4 rings (SSSR count). The number of benzene rings is 2. The predicted octanol–water partition coefficient (Wildman–Crippen LogP) is 4.63. The van der Waals surface area contributed by atoms with E-state index in [0.29, 0.717) is 0 Å². The number of ketones is 1. The Balaban J connectivity index is 1.54. The summed E-state index contributed by atoms with van der Waals surface area (Å²) in [6.45, 7) is 0. The van der Waals surface area contributed by atoms with Gasteiger partial charge < -0.3 is 5.32 Å². The number of fused-ring (bicyclic) bond motifs is 1. The van der Waals surface area contributed by atoms with Crippen LogP contribution in [0.25, 0.3) is 10.2 Å². The molecule has 2 aromatic carbocycles. The van der Waals surface area contributed by atoms with Gasteiger partial charge in [-0.15, -0.1) is 0 Å². The van der Waals surface area contributed by atoms with Gasteiger partial charge in [-0.3, -0.25) is 4.79 Å². The molecule has 21 heavy (non-hydrogen) atoms. The molecule has 0 aliphatic heterocycles. The second-order valence-corrected chi connectivity index (χ2v) is 6.36. The molecule has 1 heterocycles. The molecule has 0 bridgehead atoms. The average Bonchev–Trinajstić information content (AvgIpc) is 3.27. The molecule has 0 saturated heterocycles. The maximum absolute atomic E-state index is 12.0. The number of thiazole rings is 1. The molecule has 0 radical (unpaired) electrons. The quantitative estimate of drug-likeness (QED) is 0.713. The lowest BCUT2D eigenvalue weighted by Gasteiger charge is -2.04. The fourth-order valence-electron chi connectivity index (χ4n) is 2.35. The number of carbonyl (C=O) groups excluding carboxylic acids is 1. The number of Topliss-reactive ketones (excluding diaryl/α,β-unsaturated/α-hetero) is 1. The van der Waals surface area contributed by atoms with Gasteiger partial charge in [-0.25, -0.2) is 4.98 Å². The summed E-state index contributed by atoms with van der Waals surface area (Å²) >= 11 is 1.63. The molecule has 1 aromatic heterocycles. The highest BCUT2D eigenvalue weighted by molar-refractivity contribution is 7.22. The van der Waals surface area contributed by atoms with Gasteiger partial charge in [-0.1, -0.05) is 23.5 Å². The maximum atomic E-state index is 12.0. The van der Waals surface area contributed by atoms with Crippen LogP contribution >= 0.6 is 11.3 Å². The predicted molar refractivity (Wildman–Crippen MR) is 86.4 cm³/mol. The van der Waals surface area contributed by atoms with E-state index in [1.165, 1.54) is 4.70 Å². The molecule has 1 N–H and O–H groups in total. The number of nitrogens with zero attached hydrogens (tertiary/aromatic N) is 1. The number of nitrogens with one attached hydrogen (secondary N) is 1. The summed E-state index contributed by atoms with van der Waals surface area (Å²) < 4.78 is 1.17. The van der Waals surface area contributed by atoms with Crippen molar-refractivity contribution in [3.63, 3.8) is 0 Å². The Bertz CT molecular complexity index is 770. The van der Waals surface area contributed by atoms with Crippen LogP contribution in [-0.4, -0.2) is 10.8 Å². The first-order valence-electron chi connectivity index (χ1n) is 7.06. The van der Waals surface area contributed by atoms with Crippen LogP contribution in [0.1, 0.15) is 23.2 Å². The van der Waals surface area contributed by atoms with Crippen LogP contribution in [0.4, 0.5) is 10.8 Å². The van der Waals surface area contributed by atoms with E-state index in [0.717, 1.165) is 34.7 Å². The summed E-state index contributed by atoms with van der Waals surface area (Å²) in [7, 11) is 0. The Kier molecular flexibility index (Phi) is 2.97. The van der Waals surface area contributed by atoms with Crippen molar-refractivity contribution in [2.24, 2.45) is 5.92 Å². The van der Waals surface area contributed by atoms with Crippen molar-refractivity contribution in [1.82, 2.24) is 4.98 Å². The van der Waals surface area contributed by atoms with Crippen LogP contribution in [0.15, 0.2) is 48.5 Å². The maximum Gasteiger partial charge on any atom is 0.188 e. The van der Waals surface area contributed by atoms with Gasteiger partial charge in [0, 0.05) is 17.2 Å². The molecule has 0 spiro atoms. The molecule has 1 aliphatic rings. The first kappa shape index (κ1) is 12.5. The van der Waals surface area contributed by atoms with E-state index in [4.69, 9.17) is 0 Å². The monoisotopic (exact) mass is 294 g/mol. The van der Waals surface area contributed by atoms with Gasteiger partial charge in [0.05, 0.1) is 10.2 Å². The van der Waals surface area contributed by atoms with Crippen molar-refractivity contribution in [2.45, 2.75) is 12.8 Å². The highest BCUT2D eigenvalue weighted by Crippen LogP contribution is 2.33. The van der Waals surface area contributed by atoms with Gasteiger partial charge in [-0.05, 0) is 49.2 Å². The standard InChI is InChI=1S/C17H14N2OS/c20-16(11-5-6-11)12-7-9-13(10-8-12)18-17-19-14-3-1-2-4-15(14)21-17/h1-4,7-11H,5-6H2,(H,18,19). The minimum Gasteiger partial charge on any atom is -0.332 e. The van der Waals surface area contributed by atoms with E-state index < -0.39 is 0 Å². The van der Waals surface area contributed by atoms with E-state index in [-0.39, 0.29) is 11.7 Å². The third kappa shape index (κ3) is 2.54. The number of aromatic nitrogens is 1. The zero-order chi connectivity index (χ0) is 14.2. The number of hydrogen-bond acceptors (Lipinski definition) is 4. The summed E-state index contributed by atoms with van der Waals surface area (Å²) in [5.74, 6) is 0.551. The van der Waals surface area contributed by atoms with E-state index in [1.54, 1.807) is 11.3 Å². The Morgan fingerprint density at radius 3 is 2.57 bits per heavy atom. The molecule has 4 heteroatoms. The van der Waals surface area contributed by atoms with E-state index in [1.807, 2.05) is 42.5 Å². The van der Waals surface area contributed by atoms with Crippen LogP contribution in [0, 0.1) is 5.92 Å². The smallest absolute Gasteiger partial charge is 0.188 e. The molecule has 1 fully saturated rings. The molecular weight excluding hydrogens is 280 g/mol. The molecular formula is C17H14N2OS. The zero-order valence-electron chi connectivity index (χ0n) is 11.4. The highest BCUT2D eigenvalue weighted by Gasteiger charge is 2.30. The van der Waals surface area contributed by atoms with Crippen LogP contribution in [-0.2, 0) is 0 Å². The number of anilines is 2. The molecule has 3 aromatic rings. The van der Waals surface area contributed by atoms with E-state index >= 15 is 0 Å². The van der Waals surface area contributed by atoms with E-state index in [2.05, 4.69) is 16.4 Å². The first-order chi connectivity index (χ1) is 10.3. The number of para-hydroxylation sites is 1. The summed E-state index contributed by atoms with van der Waals surface area (Å²) in [5, 5.41) is 4.17. The first-order valence-corrected chi connectivity index (χ1v) is 7.88. The fraction of sp³-hybridized carbons (Fsp3) is 0.176. The van der Waals surface area contributed by atoms with E-state index in [9.17, 15) is 4.79 Å². The van der Waals surface area contributed by atoms with Crippen LogP contribution in [0.3, 0.4) is 0 Å². The van der Waals surface area contributed by atoms with Gasteiger partial charge in [-0.2, -0.15) is 0 Å². The fourth-order valence-corrected chi connectivity index (χ4v) is 3.23. The molecule has 1 aliphatic carbocycles. The van der Waals surface area contributed by atoms with Crippen molar-refractivity contribution in [2.75, 3.05) is 5.32 Å². The number of rotatable bonds is 4. The Morgan fingerprint density at radius 2 is 1.86 bits per heavy atom. The molecule has 3 nitrogen and oxygen atoms in total. The largest absolute Gasteiger partial charge is 0.332 e. The van der Waals surface area contributed by atoms with Crippen molar-refractivity contribution in [3.8, 4) is 0 Å². The second kappa shape index (κ2) is 4.97. The lowest BCUT2D eigenvalue weighted by atomic mass is 10.1. The number of carbonyl (C=O) groups is 1. The molecule has 0 amide bonds. The summed E-state index contributed by atoms with van der Waals surface area (Å²) in [6, 6.07) is 15.8. The molecule has 104 valence electrons. The summed E-state index contributed by atoms with van der Waals surface area (Å²) in [5.41, 5.74) is 2.78. The van der Waals surface area contributed by atoms with Gasteiger partial charge in [0.1, 0.15) is 0 Å². The van der Waals surface area contributed by atoms with Crippen molar-refractivity contribution >= 4 is 38.2 Å². The van der Waals surface area contributed by atoms with Crippen LogP contribution < -0.4 is 5.32 Å². The van der Waals surface area contributed by atoms with Crippen molar-refractivity contribution < 1.29 is 4.79 Å². The van der Waals surface area contributed by atoms with Gasteiger partial charge in [0.15, 0.2) is 10.9 Å². The zero-order valence-corrected chi connectivity index (χ0v) is 12.2. The number of hydrogen-bond donors (Lipinski definition) is 1. The van der Waals surface area contributed by atoms with Crippen molar-refractivity contribution in [3.05, 3.63) is 54.1 Å². The Morgan fingerprint density at radius 1 is 1.10 bits per heavy atom. The Hall–Kier alpha value is -2.20. The lowest BCUT2D eigenvalue weighted by molar-refractivity contribution is 0.0967. The topological polar surface area (TPSA) is 42.0 Å². The van der Waals surface area contributed by atoms with Gasteiger partial charge in [0.2, 0.25) is 0 Å². The van der Waals surface area contributed by atoms with Crippen LogP contribution in [0.5, 0.6) is 0 Å². The molecule has 1 saturated carbocycles. The molecule has 0 unspecified atom stereocenters. The third-order valence-electron chi connectivity index (χ3n) is 3.66. The third-order valence-corrected chi connectivity index (χ3v) is 4.61. The Labute approximate surface area is 126 Å². The van der Waals surface area contributed by atoms with Gasteiger partial charge >= 0.3 is 0 Å². The minimum absolute atomic E-state index is 0.271. The summed E-state index contributed by atoms with van der Waals surface area (Å²) in [6.07, 6.45) is 2.09. The average molecular weight is 294 g/mol. The van der Waals surface area contributed by atoms with Crippen molar-refractivity contribution in [1.29, 1.82) is 0 Å². The van der Waals surface area contributed by atoms with Crippen LogP contribution in [0.2, 0.25) is 0 Å². The minimum atomic E-state index is 0.271. The summed E-state index contributed by atoms with van der Waals surface area (Å²) in [4.78, 5) is 16.5. The lowest BCUT2D eigenvalue weighted by Crippen LogP contribution is -2.01. The normalized spacial score (nSPS) is 14.3. The van der Waals surface area contributed by atoms with Gasteiger partial charge in [0.25, 0.3) is 0 Å². The second-order valence-electron chi connectivity index (χ2n) is 5.33. The highest BCUT2D eigenvalue weighted by atomic mass is 32.1. The SMILES string of the molecule is O=C(c1ccc(Nc2nc3ccccc3s2)cc1)C1CC1.